The van der Waals surface area contributed by atoms with Gasteiger partial charge in [-0.2, -0.15) is 0 Å². The van der Waals surface area contributed by atoms with E-state index in [2.05, 4.69) is 10.2 Å². The first-order valence-electron chi connectivity index (χ1n) is 10.8. The maximum Gasteiger partial charge on any atom is 0.261 e. The summed E-state index contributed by atoms with van der Waals surface area (Å²) in [6.45, 7) is 4.55. The summed E-state index contributed by atoms with van der Waals surface area (Å²) in [6, 6.07) is 11.0. The molecule has 170 valence electrons. The fraction of sp³-hybridized carbons (Fsp3) is 0.435. The van der Waals surface area contributed by atoms with Gasteiger partial charge in [0.1, 0.15) is 5.75 Å². The highest BCUT2D eigenvalue weighted by Gasteiger charge is 2.38. The smallest absolute Gasteiger partial charge is 0.261 e. The highest BCUT2D eigenvalue weighted by atomic mass is 32.1. The number of methoxy groups -OCH3 is 1. The van der Waals surface area contributed by atoms with Gasteiger partial charge in [0, 0.05) is 64.0 Å². The Hall–Kier alpha value is -2.91. The largest absolute Gasteiger partial charge is 0.497 e. The van der Waals surface area contributed by atoms with Gasteiger partial charge in [-0.15, -0.1) is 11.3 Å². The van der Waals surface area contributed by atoms with Crippen LogP contribution >= 0.6 is 11.3 Å². The van der Waals surface area contributed by atoms with Crippen molar-refractivity contribution in [3.05, 3.63) is 46.7 Å². The molecule has 1 N–H and O–H groups in total. The summed E-state index contributed by atoms with van der Waals surface area (Å²) in [6.07, 6.45) is 0.241. The molecule has 4 rings (SSSR count). The lowest BCUT2D eigenvalue weighted by molar-refractivity contribution is -0.137. The van der Waals surface area contributed by atoms with Crippen molar-refractivity contribution in [1.82, 2.24) is 15.1 Å². The third-order valence-electron chi connectivity index (χ3n) is 5.98. The molecule has 2 fully saturated rings. The molecular formula is C23H28N4O4S. The summed E-state index contributed by atoms with van der Waals surface area (Å²) in [5.74, 6) is 0.351. The number of hydrogen-bond donors (Lipinski definition) is 1. The van der Waals surface area contributed by atoms with E-state index in [0.29, 0.717) is 31.9 Å². The van der Waals surface area contributed by atoms with E-state index in [-0.39, 0.29) is 30.1 Å². The number of benzene rings is 1. The van der Waals surface area contributed by atoms with E-state index in [0.717, 1.165) is 30.2 Å². The normalized spacial score (nSPS) is 19.3. The summed E-state index contributed by atoms with van der Waals surface area (Å²) < 4.78 is 5.25. The highest BCUT2D eigenvalue weighted by Crippen LogP contribution is 2.29. The lowest BCUT2D eigenvalue weighted by Gasteiger charge is -2.35. The van der Waals surface area contributed by atoms with Crippen molar-refractivity contribution >= 4 is 34.7 Å². The van der Waals surface area contributed by atoms with Crippen LogP contribution in [0.2, 0.25) is 0 Å². The van der Waals surface area contributed by atoms with E-state index in [4.69, 9.17) is 4.74 Å². The molecule has 1 unspecified atom stereocenters. The van der Waals surface area contributed by atoms with Gasteiger partial charge in [-0.05, 0) is 23.6 Å². The molecule has 2 aliphatic rings. The maximum absolute atomic E-state index is 13.0. The third kappa shape index (κ3) is 5.11. The number of nitrogens with one attached hydrogen (secondary N) is 1. The Morgan fingerprint density at radius 1 is 1.16 bits per heavy atom. The molecule has 2 aromatic rings. The van der Waals surface area contributed by atoms with Crippen LogP contribution in [0.3, 0.4) is 0 Å². The minimum Gasteiger partial charge on any atom is -0.497 e. The van der Waals surface area contributed by atoms with Crippen LogP contribution in [0.25, 0.3) is 0 Å². The lowest BCUT2D eigenvalue weighted by Crippen LogP contribution is -2.51. The molecule has 32 heavy (non-hydrogen) atoms. The van der Waals surface area contributed by atoms with Gasteiger partial charge in [0.15, 0.2) is 0 Å². The van der Waals surface area contributed by atoms with Crippen LogP contribution < -0.4 is 15.0 Å². The lowest BCUT2D eigenvalue weighted by atomic mass is 10.1. The molecular weight excluding hydrogens is 428 g/mol. The van der Waals surface area contributed by atoms with Gasteiger partial charge in [-0.25, -0.2) is 0 Å². The van der Waals surface area contributed by atoms with Crippen molar-refractivity contribution in [3.63, 3.8) is 0 Å². The number of thiophene rings is 1. The Balaban J connectivity index is 1.23. The zero-order valence-corrected chi connectivity index (χ0v) is 19.0. The zero-order valence-electron chi connectivity index (χ0n) is 18.2. The Bertz CT molecular complexity index is 957. The standard InChI is InChI=1S/C23H28N4O4S/c1-31-19-5-2-4-18(15-19)27-16-17(14-21(27)28)23(30)26-11-9-25(10-12-26)8-7-24-22(29)20-6-3-13-32-20/h2-6,13,15,17H,7-12,14,16H2,1H3,(H,24,29). The van der Waals surface area contributed by atoms with Gasteiger partial charge in [-0.3, -0.25) is 19.3 Å². The maximum atomic E-state index is 13.0. The van der Waals surface area contributed by atoms with Crippen LogP contribution in [0.1, 0.15) is 16.1 Å². The molecule has 0 spiro atoms. The minimum absolute atomic E-state index is 0.0308. The van der Waals surface area contributed by atoms with Crippen molar-refractivity contribution in [3.8, 4) is 5.75 Å². The van der Waals surface area contributed by atoms with Crippen LogP contribution in [-0.4, -0.2) is 80.4 Å². The molecule has 1 aromatic heterocycles. The van der Waals surface area contributed by atoms with Crippen molar-refractivity contribution in [2.45, 2.75) is 6.42 Å². The number of nitrogens with zero attached hydrogens (tertiary/aromatic N) is 3. The van der Waals surface area contributed by atoms with Gasteiger partial charge in [-0.1, -0.05) is 12.1 Å². The predicted molar refractivity (Wildman–Crippen MR) is 123 cm³/mol. The molecule has 8 nitrogen and oxygen atoms in total. The number of carbonyl (C=O) groups excluding carboxylic acids is 3. The third-order valence-corrected chi connectivity index (χ3v) is 6.85. The summed E-state index contributed by atoms with van der Waals surface area (Å²) >= 11 is 1.43. The monoisotopic (exact) mass is 456 g/mol. The molecule has 2 aliphatic heterocycles. The SMILES string of the molecule is COc1cccc(N2CC(C(=O)N3CCN(CCNC(=O)c4cccs4)CC3)CC2=O)c1. The molecule has 9 heteroatoms. The Morgan fingerprint density at radius 2 is 1.97 bits per heavy atom. The van der Waals surface area contributed by atoms with E-state index in [1.807, 2.05) is 46.7 Å². The number of rotatable bonds is 7. The first-order chi connectivity index (χ1) is 15.5. The molecule has 2 saturated heterocycles. The van der Waals surface area contributed by atoms with Crippen LogP contribution in [-0.2, 0) is 9.59 Å². The van der Waals surface area contributed by atoms with Gasteiger partial charge in [0.2, 0.25) is 11.8 Å². The van der Waals surface area contributed by atoms with Crippen LogP contribution in [0.15, 0.2) is 41.8 Å². The first kappa shape index (κ1) is 22.3. The van der Waals surface area contributed by atoms with E-state index in [1.165, 1.54) is 11.3 Å². The average Bonchev–Trinajstić information content (AvgIpc) is 3.49. The summed E-state index contributed by atoms with van der Waals surface area (Å²) in [5, 5.41) is 4.83. The van der Waals surface area contributed by atoms with E-state index in [1.54, 1.807) is 12.0 Å². The van der Waals surface area contributed by atoms with Gasteiger partial charge in [0.05, 0.1) is 17.9 Å². The quantitative estimate of drug-likeness (QED) is 0.686. The first-order valence-corrected chi connectivity index (χ1v) is 11.7. The minimum atomic E-state index is -0.315. The molecule has 0 aliphatic carbocycles. The summed E-state index contributed by atoms with van der Waals surface area (Å²) in [4.78, 5) is 44.1. The summed E-state index contributed by atoms with van der Waals surface area (Å²) in [7, 11) is 1.59. The Kier molecular flexibility index (Phi) is 7.06. The second-order valence-corrected chi connectivity index (χ2v) is 8.95. The van der Waals surface area contributed by atoms with Gasteiger partial charge >= 0.3 is 0 Å². The number of anilines is 1. The summed E-state index contributed by atoms with van der Waals surface area (Å²) in [5.41, 5.74) is 0.763. The predicted octanol–water partition coefficient (Wildman–Crippen LogP) is 1.68. The van der Waals surface area contributed by atoms with Crippen molar-refractivity contribution in [2.24, 2.45) is 5.92 Å². The van der Waals surface area contributed by atoms with Crippen LogP contribution in [0, 0.1) is 5.92 Å². The zero-order chi connectivity index (χ0) is 22.5. The number of piperazine rings is 1. The Labute approximate surface area is 191 Å². The number of hydrogen-bond acceptors (Lipinski definition) is 6. The molecule has 0 bridgehead atoms. The second kappa shape index (κ2) is 10.1. The van der Waals surface area contributed by atoms with Gasteiger partial charge < -0.3 is 19.9 Å². The van der Waals surface area contributed by atoms with Crippen LogP contribution in [0.4, 0.5) is 5.69 Å². The van der Waals surface area contributed by atoms with Crippen LogP contribution in [0.5, 0.6) is 5.75 Å². The second-order valence-electron chi connectivity index (χ2n) is 8.01. The molecule has 0 saturated carbocycles. The average molecular weight is 457 g/mol. The van der Waals surface area contributed by atoms with Crippen molar-refractivity contribution in [1.29, 1.82) is 0 Å². The van der Waals surface area contributed by atoms with E-state index < -0.39 is 0 Å². The topological polar surface area (TPSA) is 82.2 Å². The van der Waals surface area contributed by atoms with Crippen molar-refractivity contribution in [2.75, 3.05) is 57.8 Å². The fourth-order valence-electron chi connectivity index (χ4n) is 4.17. The molecule has 1 atom stereocenters. The Morgan fingerprint density at radius 3 is 2.69 bits per heavy atom. The number of amides is 3. The fourth-order valence-corrected chi connectivity index (χ4v) is 4.81. The molecule has 3 heterocycles. The van der Waals surface area contributed by atoms with E-state index in [9.17, 15) is 14.4 Å². The number of ether oxygens (including phenoxy) is 1. The highest BCUT2D eigenvalue weighted by molar-refractivity contribution is 7.12. The molecule has 3 amide bonds. The molecule has 1 aromatic carbocycles. The van der Waals surface area contributed by atoms with Gasteiger partial charge in [0.25, 0.3) is 5.91 Å². The van der Waals surface area contributed by atoms with Crippen molar-refractivity contribution < 1.29 is 19.1 Å². The van der Waals surface area contributed by atoms with E-state index >= 15 is 0 Å². The number of carbonyl (C=O) groups is 3. The molecule has 0 radical (unpaired) electrons.